The first-order chi connectivity index (χ1) is 5.74. The largest absolute Gasteiger partial charge is 0.354 e. The van der Waals surface area contributed by atoms with Gasteiger partial charge >= 0.3 is 0 Å². The van der Waals surface area contributed by atoms with E-state index < -0.39 is 0 Å². The second-order valence-corrected chi connectivity index (χ2v) is 2.70. The SMILES string of the molecule is C=CC(=O)N[C@@H]1CCCNC1=O. The third-order valence-corrected chi connectivity index (χ3v) is 1.79. The molecule has 0 aliphatic carbocycles. The Labute approximate surface area is 71.0 Å². The van der Waals surface area contributed by atoms with Gasteiger partial charge in [-0.15, -0.1) is 0 Å². The Morgan fingerprint density at radius 1 is 1.75 bits per heavy atom. The van der Waals surface area contributed by atoms with Gasteiger partial charge in [-0.05, 0) is 18.9 Å². The Bertz CT molecular complexity index is 213. The Balaban J connectivity index is 2.44. The lowest BCUT2D eigenvalue weighted by Crippen LogP contribution is -2.49. The number of carbonyl (C=O) groups excluding carboxylic acids is 2. The van der Waals surface area contributed by atoms with E-state index in [1.54, 1.807) is 0 Å². The van der Waals surface area contributed by atoms with E-state index in [9.17, 15) is 9.59 Å². The monoisotopic (exact) mass is 168 g/mol. The van der Waals surface area contributed by atoms with Gasteiger partial charge in [-0.2, -0.15) is 0 Å². The van der Waals surface area contributed by atoms with E-state index in [-0.39, 0.29) is 17.9 Å². The summed E-state index contributed by atoms with van der Waals surface area (Å²) in [5.41, 5.74) is 0. The van der Waals surface area contributed by atoms with Crippen molar-refractivity contribution in [2.24, 2.45) is 0 Å². The molecule has 1 aliphatic rings. The molecule has 0 bridgehead atoms. The van der Waals surface area contributed by atoms with E-state index in [1.165, 1.54) is 6.08 Å². The highest BCUT2D eigenvalue weighted by atomic mass is 16.2. The Hall–Kier alpha value is -1.32. The molecule has 0 spiro atoms. The van der Waals surface area contributed by atoms with Crippen molar-refractivity contribution < 1.29 is 9.59 Å². The molecule has 12 heavy (non-hydrogen) atoms. The smallest absolute Gasteiger partial charge is 0.244 e. The van der Waals surface area contributed by atoms with Gasteiger partial charge in [0.25, 0.3) is 0 Å². The van der Waals surface area contributed by atoms with Gasteiger partial charge in [-0.25, -0.2) is 0 Å². The molecular weight excluding hydrogens is 156 g/mol. The van der Waals surface area contributed by atoms with Gasteiger partial charge < -0.3 is 10.6 Å². The summed E-state index contributed by atoms with van der Waals surface area (Å²) in [5.74, 6) is -0.395. The zero-order valence-corrected chi connectivity index (χ0v) is 6.80. The van der Waals surface area contributed by atoms with Crippen molar-refractivity contribution >= 4 is 11.8 Å². The fourth-order valence-electron chi connectivity index (χ4n) is 1.14. The van der Waals surface area contributed by atoms with E-state index in [0.29, 0.717) is 13.0 Å². The summed E-state index contributed by atoms with van der Waals surface area (Å²) in [4.78, 5) is 21.9. The predicted molar refractivity (Wildman–Crippen MR) is 44.4 cm³/mol. The minimum Gasteiger partial charge on any atom is -0.354 e. The van der Waals surface area contributed by atoms with E-state index in [1.807, 2.05) is 0 Å². The van der Waals surface area contributed by atoms with Crippen molar-refractivity contribution in [2.45, 2.75) is 18.9 Å². The minimum atomic E-state index is -0.371. The molecule has 66 valence electrons. The highest BCUT2D eigenvalue weighted by Crippen LogP contribution is 2.02. The van der Waals surface area contributed by atoms with Gasteiger partial charge in [0.1, 0.15) is 6.04 Å². The van der Waals surface area contributed by atoms with Crippen molar-refractivity contribution in [1.82, 2.24) is 10.6 Å². The van der Waals surface area contributed by atoms with E-state index >= 15 is 0 Å². The van der Waals surface area contributed by atoms with Crippen LogP contribution in [0.5, 0.6) is 0 Å². The number of carbonyl (C=O) groups is 2. The van der Waals surface area contributed by atoms with Gasteiger partial charge in [0.05, 0.1) is 0 Å². The zero-order chi connectivity index (χ0) is 8.97. The average molecular weight is 168 g/mol. The first-order valence-corrected chi connectivity index (χ1v) is 3.94. The second-order valence-electron chi connectivity index (χ2n) is 2.70. The highest BCUT2D eigenvalue weighted by Gasteiger charge is 2.22. The number of amides is 2. The molecule has 1 saturated heterocycles. The maximum Gasteiger partial charge on any atom is 0.244 e. The summed E-state index contributed by atoms with van der Waals surface area (Å²) >= 11 is 0. The van der Waals surface area contributed by atoms with Gasteiger partial charge in [0.2, 0.25) is 11.8 Å². The molecule has 1 fully saturated rings. The molecule has 0 radical (unpaired) electrons. The van der Waals surface area contributed by atoms with E-state index in [4.69, 9.17) is 0 Å². The van der Waals surface area contributed by atoms with Crippen molar-refractivity contribution in [3.05, 3.63) is 12.7 Å². The lowest BCUT2D eigenvalue weighted by atomic mass is 10.1. The lowest BCUT2D eigenvalue weighted by molar-refractivity contribution is -0.128. The van der Waals surface area contributed by atoms with Crippen molar-refractivity contribution in [3.63, 3.8) is 0 Å². The minimum absolute atomic E-state index is 0.101. The van der Waals surface area contributed by atoms with Crippen molar-refractivity contribution in [2.75, 3.05) is 6.54 Å². The van der Waals surface area contributed by atoms with Crippen LogP contribution in [0.3, 0.4) is 0 Å². The third-order valence-electron chi connectivity index (χ3n) is 1.79. The summed E-state index contributed by atoms with van der Waals surface area (Å²) in [6.45, 7) is 4.02. The number of nitrogens with one attached hydrogen (secondary N) is 2. The summed E-state index contributed by atoms with van der Waals surface area (Å²) in [6, 6.07) is -0.371. The zero-order valence-electron chi connectivity index (χ0n) is 6.80. The van der Waals surface area contributed by atoms with Crippen LogP contribution in [-0.2, 0) is 9.59 Å². The molecule has 0 aromatic heterocycles. The van der Waals surface area contributed by atoms with E-state index in [2.05, 4.69) is 17.2 Å². The molecule has 0 saturated carbocycles. The molecule has 4 nitrogen and oxygen atoms in total. The van der Waals surface area contributed by atoms with Crippen LogP contribution in [0.15, 0.2) is 12.7 Å². The van der Waals surface area contributed by atoms with Crippen LogP contribution < -0.4 is 10.6 Å². The molecule has 1 rings (SSSR count). The predicted octanol–water partition coefficient (Wildman–Crippen LogP) is -0.433. The molecule has 0 aromatic rings. The molecular formula is C8H12N2O2. The molecule has 0 aromatic carbocycles. The average Bonchev–Trinajstić information content (AvgIpc) is 2.09. The summed E-state index contributed by atoms with van der Waals surface area (Å²) in [7, 11) is 0. The van der Waals surface area contributed by atoms with Crippen LogP contribution in [0, 0.1) is 0 Å². The lowest BCUT2D eigenvalue weighted by Gasteiger charge is -2.21. The van der Waals surface area contributed by atoms with Gasteiger partial charge in [0, 0.05) is 6.54 Å². The van der Waals surface area contributed by atoms with Crippen LogP contribution in [0.1, 0.15) is 12.8 Å². The van der Waals surface area contributed by atoms with E-state index in [0.717, 1.165) is 6.42 Å². The van der Waals surface area contributed by atoms with Crippen molar-refractivity contribution in [3.8, 4) is 0 Å². The van der Waals surface area contributed by atoms with Crippen LogP contribution in [0.2, 0.25) is 0 Å². The normalized spacial score (nSPS) is 22.7. The molecule has 2 amide bonds. The molecule has 1 heterocycles. The number of hydrogen-bond donors (Lipinski definition) is 2. The maximum absolute atomic E-state index is 11.1. The first kappa shape index (κ1) is 8.77. The molecule has 2 N–H and O–H groups in total. The quantitative estimate of drug-likeness (QED) is 0.549. The second kappa shape index (κ2) is 3.90. The molecule has 1 aliphatic heterocycles. The first-order valence-electron chi connectivity index (χ1n) is 3.94. The van der Waals surface area contributed by atoms with Gasteiger partial charge in [-0.3, -0.25) is 9.59 Å². The Morgan fingerprint density at radius 3 is 3.08 bits per heavy atom. The summed E-state index contributed by atoms with van der Waals surface area (Å²) in [5, 5.41) is 5.22. The molecule has 0 unspecified atom stereocenters. The van der Waals surface area contributed by atoms with Gasteiger partial charge in [-0.1, -0.05) is 6.58 Å². The Kier molecular flexibility index (Phi) is 2.85. The van der Waals surface area contributed by atoms with Gasteiger partial charge in [0.15, 0.2) is 0 Å². The summed E-state index contributed by atoms with van der Waals surface area (Å²) in [6.07, 6.45) is 2.79. The number of piperidine rings is 1. The topological polar surface area (TPSA) is 58.2 Å². The fourth-order valence-corrected chi connectivity index (χ4v) is 1.14. The van der Waals surface area contributed by atoms with Crippen LogP contribution in [0.4, 0.5) is 0 Å². The standard InChI is InChI=1S/C8H12N2O2/c1-2-7(11)10-6-4-3-5-9-8(6)12/h2,6H,1,3-5H2,(H,9,12)(H,10,11)/t6-/m1/s1. The molecule has 1 atom stereocenters. The van der Waals surface area contributed by atoms with Crippen LogP contribution >= 0.6 is 0 Å². The number of hydrogen-bond acceptors (Lipinski definition) is 2. The fraction of sp³-hybridized carbons (Fsp3) is 0.500. The Morgan fingerprint density at radius 2 is 2.50 bits per heavy atom. The molecule has 4 heteroatoms. The van der Waals surface area contributed by atoms with Crippen LogP contribution in [0.25, 0.3) is 0 Å². The summed E-state index contributed by atoms with van der Waals surface area (Å²) < 4.78 is 0. The third kappa shape index (κ3) is 2.08. The highest BCUT2D eigenvalue weighted by molar-refractivity contribution is 5.92. The number of rotatable bonds is 2. The van der Waals surface area contributed by atoms with Crippen LogP contribution in [-0.4, -0.2) is 24.4 Å². The maximum atomic E-state index is 11.1. The van der Waals surface area contributed by atoms with Crippen molar-refractivity contribution in [1.29, 1.82) is 0 Å².